The van der Waals surface area contributed by atoms with Gasteiger partial charge in [-0.1, -0.05) is 88.1 Å². The molecule has 2 aromatic rings. The number of allylic oxidation sites excluding steroid dienone is 4. The number of carbonyl (C=O) groups excluding carboxylic acids is 2. The van der Waals surface area contributed by atoms with Crippen LogP contribution in [0, 0.1) is 28.6 Å². The minimum Gasteiger partial charge on any atom is -0.508 e. The lowest BCUT2D eigenvalue weighted by atomic mass is 9.46. The van der Waals surface area contributed by atoms with Gasteiger partial charge in [-0.15, -0.1) is 0 Å². The Balaban J connectivity index is 0.000000204. The minimum absolute atomic E-state index is 0.0125. The van der Waals surface area contributed by atoms with E-state index < -0.39 is 42.2 Å². The van der Waals surface area contributed by atoms with Crippen LogP contribution >= 0.6 is 0 Å². The second-order valence-corrected chi connectivity index (χ2v) is 18.5. The van der Waals surface area contributed by atoms with E-state index in [2.05, 4.69) is 56.4 Å². The molecule has 6 N–H and O–H groups in total. The highest BCUT2D eigenvalue weighted by Gasteiger charge is 2.75. The van der Waals surface area contributed by atoms with Crippen LogP contribution in [0.25, 0.3) is 0 Å². The van der Waals surface area contributed by atoms with Crippen LogP contribution in [0.2, 0.25) is 0 Å². The molecule has 10 atom stereocenters. The van der Waals surface area contributed by atoms with Gasteiger partial charge in [-0.2, -0.15) is 0 Å². The number of aryl methyl sites for hydroxylation is 1. The van der Waals surface area contributed by atoms with Gasteiger partial charge in [-0.3, -0.25) is 9.59 Å². The number of benzene rings is 2. The first-order chi connectivity index (χ1) is 29.4. The molecule has 4 aliphatic carbocycles. The van der Waals surface area contributed by atoms with Crippen molar-refractivity contribution in [3.63, 3.8) is 0 Å². The summed E-state index contributed by atoms with van der Waals surface area (Å²) < 4.78 is 18.4. The molecular formula is C50H71NO10. The SMILES string of the molecule is CCC[C@@H]1O[C@@H]2C[C@H]3[C@@H]4CCC5=CC(=O)C=C[C@]5(C)[C@H]4[C@@H](O)C[C@]3(C)[C@]2(C(=O)CO)O1.OCc1cc(C(O)CNCCCCCCOCCCCc2ccccc2)ccc1O. The zero-order valence-corrected chi connectivity index (χ0v) is 36.6. The highest BCUT2D eigenvalue weighted by atomic mass is 16.7. The van der Waals surface area contributed by atoms with Gasteiger partial charge in [0, 0.05) is 42.1 Å². The molecule has 0 amide bonds. The van der Waals surface area contributed by atoms with Gasteiger partial charge in [-0.05, 0) is 118 Å². The number of aliphatic hydroxyl groups is 4. The molecule has 2 aromatic carbocycles. The summed E-state index contributed by atoms with van der Waals surface area (Å²) in [5.74, 6) is 0.0807. The van der Waals surface area contributed by atoms with E-state index in [1.807, 2.05) is 6.08 Å². The van der Waals surface area contributed by atoms with Crippen molar-refractivity contribution in [2.75, 3.05) is 32.9 Å². The summed E-state index contributed by atoms with van der Waals surface area (Å²) in [5, 5.41) is 53.7. The second-order valence-electron chi connectivity index (χ2n) is 18.5. The van der Waals surface area contributed by atoms with E-state index in [-0.39, 0.29) is 47.1 Å². The number of phenols is 1. The molecule has 0 aromatic heterocycles. The van der Waals surface area contributed by atoms with Crippen molar-refractivity contribution in [1.29, 1.82) is 0 Å². The van der Waals surface area contributed by atoms with Gasteiger partial charge in [-0.25, -0.2) is 0 Å². The fourth-order valence-corrected chi connectivity index (χ4v) is 11.5. The molecule has 1 aliphatic heterocycles. The van der Waals surface area contributed by atoms with E-state index in [0.717, 1.165) is 83.1 Å². The summed E-state index contributed by atoms with van der Waals surface area (Å²) in [6.07, 6.45) is 15.6. The molecular weight excluding hydrogens is 775 g/mol. The highest BCUT2D eigenvalue weighted by molar-refractivity contribution is 6.01. The average Bonchev–Trinajstić information content (AvgIpc) is 3.74. The Morgan fingerprint density at radius 3 is 2.51 bits per heavy atom. The second kappa shape index (κ2) is 21.4. The third kappa shape index (κ3) is 10.3. The van der Waals surface area contributed by atoms with Crippen LogP contribution < -0.4 is 5.32 Å². The van der Waals surface area contributed by atoms with Crippen LogP contribution in [0.15, 0.2) is 72.3 Å². The Labute approximate surface area is 362 Å². The monoisotopic (exact) mass is 846 g/mol. The van der Waals surface area contributed by atoms with Crippen LogP contribution in [0.5, 0.6) is 5.75 Å². The summed E-state index contributed by atoms with van der Waals surface area (Å²) in [7, 11) is 0. The van der Waals surface area contributed by atoms with Gasteiger partial charge in [0.2, 0.25) is 0 Å². The molecule has 0 bridgehead atoms. The lowest BCUT2D eigenvalue weighted by Gasteiger charge is -2.59. The zero-order chi connectivity index (χ0) is 43.6. The third-order valence-corrected chi connectivity index (χ3v) is 14.6. The normalized spacial score (nSPS) is 31.6. The van der Waals surface area contributed by atoms with Gasteiger partial charge in [0.25, 0.3) is 0 Å². The van der Waals surface area contributed by atoms with Gasteiger partial charge < -0.3 is 45.1 Å². The number of Topliss-reactive ketones (excluding diaryl/α,β-unsaturated/α-hetero) is 1. The number of rotatable bonds is 20. The van der Waals surface area contributed by atoms with Crippen molar-refractivity contribution < 1.29 is 49.3 Å². The third-order valence-electron chi connectivity index (χ3n) is 14.6. The van der Waals surface area contributed by atoms with E-state index in [0.29, 0.717) is 36.9 Å². The topological polar surface area (TPSA) is 175 Å². The predicted molar refractivity (Wildman–Crippen MR) is 233 cm³/mol. The van der Waals surface area contributed by atoms with Crippen molar-refractivity contribution in [3.05, 3.63) is 89.0 Å². The number of carbonyl (C=O) groups is 2. The van der Waals surface area contributed by atoms with Gasteiger partial charge in [0.15, 0.2) is 23.5 Å². The maximum absolute atomic E-state index is 13.2. The maximum atomic E-state index is 13.2. The largest absolute Gasteiger partial charge is 0.508 e. The molecule has 5 aliphatic rings. The molecule has 1 saturated heterocycles. The molecule has 1 unspecified atom stereocenters. The maximum Gasteiger partial charge on any atom is 0.193 e. The fourth-order valence-electron chi connectivity index (χ4n) is 11.5. The molecule has 3 saturated carbocycles. The molecule has 1 heterocycles. The van der Waals surface area contributed by atoms with Crippen molar-refractivity contribution in [2.45, 2.75) is 141 Å². The first kappa shape index (κ1) is 47.2. The van der Waals surface area contributed by atoms with E-state index >= 15 is 0 Å². The van der Waals surface area contributed by atoms with Crippen molar-refractivity contribution in [3.8, 4) is 5.75 Å². The number of ether oxygens (including phenoxy) is 3. The molecule has 7 rings (SSSR count). The Bertz CT molecular complexity index is 1820. The number of fused-ring (bicyclic) bond motifs is 7. The lowest BCUT2D eigenvalue weighted by Crippen LogP contribution is -2.63. The lowest BCUT2D eigenvalue weighted by molar-refractivity contribution is -0.200. The summed E-state index contributed by atoms with van der Waals surface area (Å²) in [5.41, 5.74) is 1.49. The van der Waals surface area contributed by atoms with E-state index in [4.69, 9.17) is 14.2 Å². The minimum atomic E-state index is -1.20. The van der Waals surface area contributed by atoms with Crippen LogP contribution in [-0.2, 0) is 36.8 Å². The van der Waals surface area contributed by atoms with Crippen molar-refractivity contribution in [2.24, 2.45) is 28.6 Å². The first-order valence-electron chi connectivity index (χ1n) is 22.9. The van der Waals surface area contributed by atoms with Crippen LogP contribution in [0.4, 0.5) is 0 Å². The van der Waals surface area contributed by atoms with Crippen molar-refractivity contribution >= 4 is 11.6 Å². The number of hydrogen-bond acceptors (Lipinski definition) is 11. The summed E-state index contributed by atoms with van der Waals surface area (Å²) in [6.45, 7) is 8.45. The van der Waals surface area contributed by atoms with Crippen molar-refractivity contribution in [1.82, 2.24) is 5.32 Å². The van der Waals surface area contributed by atoms with Crippen LogP contribution in [-0.4, -0.2) is 94.1 Å². The number of hydrogen-bond donors (Lipinski definition) is 6. The molecule has 4 fully saturated rings. The number of unbranched alkanes of at least 4 members (excludes halogenated alkanes) is 4. The molecule has 0 radical (unpaired) electrons. The van der Waals surface area contributed by atoms with Crippen LogP contribution in [0.1, 0.15) is 121 Å². The summed E-state index contributed by atoms with van der Waals surface area (Å²) >= 11 is 0. The summed E-state index contributed by atoms with van der Waals surface area (Å²) in [6, 6.07) is 15.4. The predicted octanol–water partition coefficient (Wildman–Crippen LogP) is 6.82. The number of nitrogens with one attached hydrogen (secondary N) is 1. The number of aliphatic hydroxyl groups excluding tert-OH is 4. The Morgan fingerprint density at radius 1 is 1.02 bits per heavy atom. The van der Waals surface area contributed by atoms with E-state index in [9.17, 15) is 35.1 Å². The summed E-state index contributed by atoms with van der Waals surface area (Å²) in [4.78, 5) is 25.2. The zero-order valence-electron chi connectivity index (χ0n) is 36.6. The molecule has 0 spiro atoms. The van der Waals surface area contributed by atoms with E-state index in [1.54, 1.807) is 24.3 Å². The average molecular weight is 846 g/mol. The Hall–Kier alpha value is -3.26. The molecule has 61 heavy (non-hydrogen) atoms. The smallest absolute Gasteiger partial charge is 0.193 e. The van der Waals surface area contributed by atoms with Gasteiger partial charge in [0.05, 0.1) is 24.9 Å². The fraction of sp³-hybridized carbons (Fsp3) is 0.640. The number of ketones is 2. The Kier molecular flexibility index (Phi) is 16.6. The first-order valence-corrected chi connectivity index (χ1v) is 22.9. The van der Waals surface area contributed by atoms with Crippen LogP contribution in [0.3, 0.4) is 0 Å². The van der Waals surface area contributed by atoms with Gasteiger partial charge in [0.1, 0.15) is 12.4 Å². The standard InChI is InChI=1S/C25H37NO4.C25H34O6/c27-20-23-18-22(13-14-24(23)28)25(29)19-26-15-7-1-2-8-16-30-17-9-6-12-21-10-4-3-5-11-21;1-4-5-21-30-20-11-17-16-7-6-14-10-15(27)8-9-23(14,2)22(16)18(28)12-24(17,3)25(20,31-21)19(29)13-26/h3-5,10-11,13-14,18,25-29H,1-2,6-9,12,15-17,19-20H2;8-10,16-18,20-22,26,28H,4-7,11-13H2,1-3H3/t;16-,17-,18-,20+,21+,22+,23-,24-,25+/m.0/s1. The highest BCUT2D eigenvalue weighted by Crippen LogP contribution is 2.69. The molecule has 11 heteroatoms. The Morgan fingerprint density at radius 2 is 1.77 bits per heavy atom. The van der Waals surface area contributed by atoms with Gasteiger partial charge >= 0.3 is 0 Å². The van der Waals surface area contributed by atoms with E-state index in [1.165, 1.54) is 18.1 Å². The molecule has 11 nitrogen and oxygen atoms in total. The molecule has 336 valence electrons. The number of aromatic hydroxyl groups is 1. The quantitative estimate of drug-likeness (QED) is 0.0772.